The van der Waals surface area contributed by atoms with Crippen LogP contribution in [0.1, 0.15) is 5.56 Å². The molecule has 0 saturated carbocycles. The van der Waals surface area contributed by atoms with Gasteiger partial charge in [-0.15, -0.1) is 0 Å². The Morgan fingerprint density at radius 2 is 1.96 bits per heavy atom. The van der Waals surface area contributed by atoms with Gasteiger partial charge >= 0.3 is 11.9 Å². The molecule has 0 bridgehead atoms. The highest BCUT2D eigenvalue weighted by Crippen LogP contribution is 2.39. The molecule has 0 saturated heterocycles. The van der Waals surface area contributed by atoms with Crippen molar-refractivity contribution >= 4 is 34.7 Å². The average Bonchev–Trinajstić information content (AvgIpc) is 2.90. The van der Waals surface area contributed by atoms with Gasteiger partial charge < -0.3 is 10.1 Å². The summed E-state index contributed by atoms with van der Waals surface area (Å²) in [5, 5.41) is 17.0. The molecule has 12 heteroatoms. The second-order valence-electron chi connectivity index (χ2n) is 4.75. The van der Waals surface area contributed by atoms with Crippen LogP contribution in [0.5, 0.6) is 0 Å². The molecule has 25 heavy (non-hydrogen) atoms. The molecule has 0 radical (unpaired) electrons. The minimum Gasteiger partial charge on any atom is -0.383 e. The van der Waals surface area contributed by atoms with Gasteiger partial charge in [0.15, 0.2) is 0 Å². The molecule has 2 aromatic rings. The molecular formula is C13H11Cl2F3N4O3. The van der Waals surface area contributed by atoms with Crippen LogP contribution in [0.15, 0.2) is 18.3 Å². The van der Waals surface area contributed by atoms with Crippen molar-refractivity contribution < 1.29 is 22.8 Å². The third-order valence-electron chi connectivity index (χ3n) is 3.10. The molecule has 136 valence electrons. The number of anilines is 1. The van der Waals surface area contributed by atoms with Gasteiger partial charge in [-0.1, -0.05) is 23.2 Å². The lowest BCUT2D eigenvalue weighted by molar-refractivity contribution is -0.384. The van der Waals surface area contributed by atoms with Gasteiger partial charge in [0, 0.05) is 13.7 Å². The maximum absolute atomic E-state index is 12.8. The molecule has 0 amide bonds. The van der Waals surface area contributed by atoms with Gasteiger partial charge in [0.05, 0.1) is 27.1 Å². The molecule has 0 fully saturated rings. The highest BCUT2D eigenvalue weighted by Gasteiger charge is 2.33. The van der Waals surface area contributed by atoms with Crippen LogP contribution in [-0.2, 0) is 10.9 Å². The first kappa shape index (κ1) is 19.3. The fraction of sp³-hybridized carbons (Fsp3) is 0.308. The lowest BCUT2D eigenvalue weighted by Gasteiger charge is -2.14. The van der Waals surface area contributed by atoms with Gasteiger partial charge in [0.25, 0.3) is 0 Å². The summed E-state index contributed by atoms with van der Waals surface area (Å²) in [6, 6.07) is 1.35. The van der Waals surface area contributed by atoms with Crippen LogP contribution in [0.2, 0.25) is 10.0 Å². The van der Waals surface area contributed by atoms with Crippen LogP contribution in [0, 0.1) is 10.1 Å². The van der Waals surface area contributed by atoms with E-state index < -0.39 is 16.7 Å². The Bertz CT molecular complexity index is 772. The van der Waals surface area contributed by atoms with Crippen LogP contribution in [-0.4, -0.2) is 35.0 Å². The quantitative estimate of drug-likeness (QED) is 0.448. The van der Waals surface area contributed by atoms with E-state index in [2.05, 4.69) is 10.4 Å². The first-order valence-electron chi connectivity index (χ1n) is 6.68. The predicted molar refractivity (Wildman–Crippen MR) is 85.6 cm³/mol. The maximum Gasteiger partial charge on any atom is 0.416 e. The predicted octanol–water partition coefficient (Wildman–Crippen LogP) is 4.16. The second kappa shape index (κ2) is 7.46. The Morgan fingerprint density at radius 3 is 2.44 bits per heavy atom. The molecular weight excluding hydrogens is 388 g/mol. The molecule has 0 aliphatic heterocycles. The van der Waals surface area contributed by atoms with Crippen molar-refractivity contribution in [1.82, 2.24) is 9.78 Å². The molecule has 1 N–H and O–H groups in total. The number of nitrogens with zero attached hydrogens (tertiary/aromatic N) is 3. The number of halogens is 5. The Labute approximate surface area is 149 Å². The molecule has 2 rings (SSSR count). The highest BCUT2D eigenvalue weighted by atomic mass is 35.5. The van der Waals surface area contributed by atoms with Crippen molar-refractivity contribution in [3.8, 4) is 5.69 Å². The molecule has 0 spiro atoms. The number of alkyl halides is 3. The summed E-state index contributed by atoms with van der Waals surface area (Å²) in [7, 11) is 1.44. The van der Waals surface area contributed by atoms with E-state index in [4.69, 9.17) is 27.9 Å². The number of rotatable bonds is 6. The summed E-state index contributed by atoms with van der Waals surface area (Å²) in [5.41, 5.74) is -1.53. The van der Waals surface area contributed by atoms with E-state index in [0.29, 0.717) is 12.1 Å². The van der Waals surface area contributed by atoms with Gasteiger partial charge in [-0.05, 0) is 12.1 Å². The zero-order valence-corrected chi connectivity index (χ0v) is 14.1. The van der Waals surface area contributed by atoms with E-state index in [1.807, 2.05) is 0 Å². The van der Waals surface area contributed by atoms with Gasteiger partial charge in [-0.3, -0.25) is 10.1 Å². The number of hydrogen-bond donors (Lipinski definition) is 1. The summed E-state index contributed by atoms with van der Waals surface area (Å²) in [5.74, 6) is -0.0781. The largest absolute Gasteiger partial charge is 0.416 e. The van der Waals surface area contributed by atoms with Crippen LogP contribution < -0.4 is 5.32 Å². The number of methoxy groups -OCH3 is 1. The summed E-state index contributed by atoms with van der Waals surface area (Å²) in [6.07, 6.45) is -3.69. The zero-order chi connectivity index (χ0) is 18.8. The van der Waals surface area contributed by atoms with Gasteiger partial charge in [0.2, 0.25) is 5.82 Å². The topological polar surface area (TPSA) is 82.2 Å². The van der Waals surface area contributed by atoms with E-state index in [0.717, 1.165) is 10.9 Å². The zero-order valence-electron chi connectivity index (χ0n) is 12.6. The fourth-order valence-corrected chi connectivity index (χ4v) is 2.66. The normalized spacial score (nSPS) is 11.6. The molecule has 0 atom stereocenters. The first-order valence-corrected chi connectivity index (χ1v) is 7.44. The van der Waals surface area contributed by atoms with Gasteiger partial charge in [0.1, 0.15) is 11.9 Å². The molecule has 0 aliphatic rings. The highest BCUT2D eigenvalue weighted by molar-refractivity contribution is 6.38. The minimum absolute atomic E-state index is 0.0781. The third-order valence-corrected chi connectivity index (χ3v) is 3.68. The number of ether oxygens (including phenoxy) is 1. The maximum atomic E-state index is 12.8. The smallest absolute Gasteiger partial charge is 0.383 e. The fourth-order valence-electron chi connectivity index (χ4n) is 2.01. The minimum atomic E-state index is -4.64. The van der Waals surface area contributed by atoms with Crippen molar-refractivity contribution in [1.29, 1.82) is 0 Å². The molecule has 1 heterocycles. The number of benzene rings is 1. The number of nitro groups is 1. The lowest BCUT2D eigenvalue weighted by Crippen LogP contribution is -2.13. The van der Waals surface area contributed by atoms with Crippen LogP contribution in [0.25, 0.3) is 5.69 Å². The van der Waals surface area contributed by atoms with E-state index in [-0.39, 0.29) is 40.4 Å². The SMILES string of the molecule is COCCNc1c([N+](=O)[O-])cnn1-c1c(Cl)cc(C(F)(F)F)cc1Cl. The van der Waals surface area contributed by atoms with Crippen molar-refractivity contribution in [2.24, 2.45) is 0 Å². The summed E-state index contributed by atoms with van der Waals surface area (Å²) >= 11 is 11.9. The van der Waals surface area contributed by atoms with Crippen LogP contribution in [0.3, 0.4) is 0 Å². The third kappa shape index (κ3) is 4.14. The van der Waals surface area contributed by atoms with Crippen molar-refractivity contribution in [2.45, 2.75) is 6.18 Å². The van der Waals surface area contributed by atoms with E-state index in [1.54, 1.807) is 0 Å². The van der Waals surface area contributed by atoms with E-state index in [9.17, 15) is 23.3 Å². The average molecular weight is 399 g/mol. The summed E-state index contributed by atoms with van der Waals surface area (Å²) < 4.78 is 44.3. The standard InChI is InChI=1S/C13H11Cl2F3N4O3/c1-25-3-2-19-12-10(22(23)24)6-20-21(12)11-8(14)4-7(5-9(11)15)13(16,17)18/h4-6,19H,2-3H2,1H3. The monoisotopic (exact) mass is 398 g/mol. The van der Waals surface area contributed by atoms with Crippen LogP contribution in [0.4, 0.5) is 24.7 Å². The summed E-state index contributed by atoms with van der Waals surface area (Å²) in [6.45, 7) is 0.426. The van der Waals surface area contributed by atoms with Gasteiger partial charge in [-0.2, -0.15) is 18.3 Å². The molecule has 0 aliphatic carbocycles. The van der Waals surface area contributed by atoms with E-state index >= 15 is 0 Å². The second-order valence-corrected chi connectivity index (χ2v) is 5.57. The number of hydrogen-bond acceptors (Lipinski definition) is 5. The number of nitrogens with one attached hydrogen (secondary N) is 1. The molecule has 1 aromatic heterocycles. The Morgan fingerprint density at radius 1 is 1.36 bits per heavy atom. The molecule has 0 unspecified atom stereocenters. The van der Waals surface area contributed by atoms with Crippen molar-refractivity contribution in [3.63, 3.8) is 0 Å². The van der Waals surface area contributed by atoms with Crippen molar-refractivity contribution in [3.05, 3.63) is 44.1 Å². The number of aromatic nitrogens is 2. The molecule has 1 aromatic carbocycles. The summed E-state index contributed by atoms with van der Waals surface area (Å²) in [4.78, 5) is 10.4. The van der Waals surface area contributed by atoms with Gasteiger partial charge in [-0.25, -0.2) is 4.68 Å². The van der Waals surface area contributed by atoms with Crippen LogP contribution >= 0.6 is 23.2 Å². The molecule has 7 nitrogen and oxygen atoms in total. The van der Waals surface area contributed by atoms with Crippen molar-refractivity contribution in [2.75, 3.05) is 25.6 Å². The Kier molecular flexibility index (Phi) is 5.76. The first-order chi connectivity index (χ1) is 11.7. The van der Waals surface area contributed by atoms with E-state index in [1.165, 1.54) is 7.11 Å². The Balaban J connectivity index is 2.56. The Hall–Kier alpha value is -2.04. The lowest BCUT2D eigenvalue weighted by atomic mass is 10.2.